The van der Waals surface area contributed by atoms with Crippen LogP contribution in [0.25, 0.3) is 21.8 Å². The summed E-state index contributed by atoms with van der Waals surface area (Å²) >= 11 is 0. The van der Waals surface area contributed by atoms with Crippen LogP contribution in [0.3, 0.4) is 0 Å². The number of nitrogens with two attached hydrogens (primary N) is 1. The zero-order valence-electron chi connectivity index (χ0n) is 38.4. The Morgan fingerprint density at radius 3 is 2.00 bits per heavy atom. The van der Waals surface area contributed by atoms with E-state index in [0.29, 0.717) is 31.5 Å². The summed E-state index contributed by atoms with van der Waals surface area (Å²) in [6, 6.07) is 18.7. The normalized spacial score (nSPS) is 21.2. The van der Waals surface area contributed by atoms with Crippen LogP contribution in [-0.4, -0.2) is 112 Å². The maximum atomic E-state index is 14.7. The van der Waals surface area contributed by atoms with Crippen molar-refractivity contribution in [2.24, 2.45) is 11.7 Å². The van der Waals surface area contributed by atoms with Crippen molar-refractivity contribution in [3.63, 3.8) is 0 Å². The Labute approximate surface area is 395 Å². The van der Waals surface area contributed by atoms with Crippen LogP contribution in [0.1, 0.15) is 56.2 Å². The third kappa shape index (κ3) is 13.9. The van der Waals surface area contributed by atoms with Gasteiger partial charge in [0.1, 0.15) is 24.7 Å². The van der Waals surface area contributed by atoms with Gasteiger partial charge in [-0.25, -0.2) is 9.80 Å². The number of Topliss-reactive ketones (excluding diaryl/α,β-unsaturated/α-hetero) is 1. The van der Waals surface area contributed by atoms with Crippen molar-refractivity contribution in [1.82, 2.24) is 46.6 Å². The molecule has 0 bridgehead atoms. The fourth-order valence-electron chi connectivity index (χ4n) is 8.27. The first-order chi connectivity index (χ1) is 32.8. The highest BCUT2D eigenvalue weighted by molar-refractivity contribution is 5.97. The Morgan fingerprint density at radius 1 is 0.750 bits per heavy atom. The molecule has 68 heavy (non-hydrogen) atoms. The van der Waals surface area contributed by atoms with Crippen LogP contribution in [0.4, 0.5) is 4.79 Å². The molecular formula is C51H60N10O7. The molecule has 6 rings (SSSR count). The number of benzene rings is 3. The third-order valence-electron chi connectivity index (χ3n) is 11.9. The second-order valence-electron chi connectivity index (χ2n) is 17.1. The molecule has 1 aliphatic rings. The van der Waals surface area contributed by atoms with Gasteiger partial charge in [-0.1, -0.05) is 84.6 Å². The molecule has 356 valence electrons. The number of hydrazine groups is 1. The topological polar surface area (TPSA) is 244 Å². The van der Waals surface area contributed by atoms with E-state index in [-0.39, 0.29) is 45.2 Å². The molecule has 0 saturated carbocycles. The summed E-state index contributed by atoms with van der Waals surface area (Å²) in [5, 5.41) is 13.8. The molecule has 0 aliphatic carbocycles. The summed E-state index contributed by atoms with van der Waals surface area (Å²) in [5.41, 5.74) is 12.2. The molecule has 17 nitrogen and oxygen atoms in total. The predicted molar refractivity (Wildman–Crippen MR) is 259 cm³/mol. The van der Waals surface area contributed by atoms with E-state index in [0.717, 1.165) is 37.9 Å². The Balaban J connectivity index is 1.34. The van der Waals surface area contributed by atoms with E-state index < -0.39 is 71.4 Å². The molecule has 7 amide bonds. The number of primary amides is 1. The van der Waals surface area contributed by atoms with Crippen LogP contribution in [0, 0.1) is 17.8 Å². The minimum absolute atomic E-state index is 0.00478. The Kier molecular flexibility index (Phi) is 17.7. The summed E-state index contributed by atoms with van der Waals surface area (Å²) in [6.45, 7) is 7.63. The van der Waals surface area contributed by atoms with Crippen molar-refractivity contribution in [3.8, 4) is 11.8 Å². The first-order valence-electron chi connectivity index (χ1n) is 22.8. The number of carbonyl (C=O) groups is 7. The molecule has 3 heterocycles. The highest BCUT2D eigenvalue weighted by atomic mass is 16.2. The van der Waals surface area contributed by atoms with E-state index in [2.05, 4.69) is 55.1 Å². The lowest BCUT2D eigenvalue weighted by atomic mass is 9.89. The Morgan fingerprint density at radius 2 is 1.37 bits per heavy atom. The molecule has 0 saturated heterocycles. The van der Waals surface area contributed by atoms with Crippen molar-refractivity contribution in [2.75, 3.05) is 26.2 Å². The fourth-order valence-corrected chi connectivity index (χ4v) is 8.27. The molecule has 17 heteroatoms. The lowest BCUT2D eigenvalue weighted by molar-refractivity contribution is -0.134. The second-order valence-corrected chi connectivity index (χ2v) is 17.1. The molecular weight excluding hydrogens is 865 g/mol. The van der Waals surface area contributed by atoms with Gasteiger partial charge in [-0.15, -0.1) is 6.58 Å². The summed E-state index contributed by atoms with van der Waals surface area (Å²) < 4.78 is 0. The van der Waals surface area contributed by atoms with E-state index in [4.69, 9.17) is 5.73 Å². The number of amides is 7. The maximum absolute atomic E-state index is 14.7. The minimum atomic E-state index is -1.26. The molecule has 0 fully saturated rings. The number of hydrogen-bond donors (Lipinski definition) is 8. The maximum Gasteiger partial charge on any atom is 0.337 e. The van der Waals surface area contributed by atoms with Crippen LogP contribution in [0.2, 0.25) is 0 Å². The summed E-state index contributed by atoms with van der Waals surface area (Å²) in [5.74, 6) is 1.37. The number of nitrogens with zero attached hydrogens (tertiary/aromatic N) is 2. The van der Waals surface area contributed by atoms with E-state index in [9.17, 15) is 33.6 Å². The molecule has 5 atom stereocenters. The van der Waals surface area contributed by atoms with Crippen molar-refractivity contribution in [2.45, 2.75) is 83.0 Å². The number of rotatable bonds is 10. The summed E-state index contributed by atoms with van der Waals surface area (Å²) in [4.78, 5) is 105. The molecule has 3 aromatic carbocycles. The fraction of sp³-hybridized carbons (Fsp3) is 0.353. The van der Waals surface area contributed by atoms with Gasteiger partial charge in [0.05, 0.1) is 12.6 Å². The van der Waals surface area contributed by atoms with Crippen molar-refractivity contribution in [1.29, 1.82) is 0 Å². The van der Waals surface area contributed by atoms with Crippen molar-refractivity contribution in [3.05, 3.63) is 121 Å². The van der Waals surface area contributed by atoms with Gasteiger partial charge in [0.2, 0.25) is 29.5 Å². The number of fused-ring (bicyclic) bond motifs is 2. The van der Waals surface area contributed by atoms with Gasteiger partial charge in [0.15, 0.2) is 5.78 Å². The number of ketones is 1. The number of aromatic nitrogens is 2. The Bertz CT molecular complexity index is 2670. The largest absolute Gasteiger partial charge is 0.368 e. The zero-order valence-corrected chi connectivity index (χ0v) is 38.4. The summed E-state index contributed by atoms with van der Waals surface area (Å²) in [6.07, 6.45) is 6.48. The average molecular weight is 925 g/mol. The number of carbonyl (C=O) groups excluding carboxylic acids is 7. The number of H-pyrrole nitrogens is 2. The highest BCUT2D eigenvalue weighted by Gasteiger charge is 2.33. The van der Waals surface area contributed by atoms with E-state index in [1.807, 2.05) is 83.8 Å². The van der Waals surface area contributed by atoms with Crippen LogP contribution in [-0.2, 0) is 48.0 Å². The standard InChI is InChI=1S/C51H60N10O7/c1-4-23-60-24-13-12-22-43(47(52)64)56-49(66)36(27-35-16-6-5-7-17-35)30-46(63)44(28-37-31-53-41-20-10-8-18-39(37)41)57-48(65)33(2)55-50(67)45(29-38-32-54-42-21-11-9-19-40(38)42)58-51(68)61(59-34(3)62)26-15-14-25-60/h4-11,16-21,31-33,36,43-45,53-54H,1,12-13,22-30H2,2-3H3,(H2,52,64)(H,55,67)(H,56,66)(H,57,65)(H,58,68)(H,59,62)/t33-,36-,43-,44-,45+/m0/s1. The summed E-state index contributed by atoms with van der Waals surface area (Å²) in [7, 11) is 0. The zero-order chi connectivity index (χ0) is 48.6. The first-order valence-corrected chi connectivity index (χ1v) is 22.8. The smallest absolute Gasteiger partial charge is 0.337 e. The SMILES string of the molecule is C=CCN1CC#CCN(NC(C)=O)C(=O)N[C@H](Cc2c[nH]c3ccccc23)C(=O)N[C@@H](C)C(=O)N[C@@H](Cc2c[nH]c3ccccc23)C(=O)C[C@H](Cc2ccccc2)C(=O)N[C@H](C(N)=O)CCCC1. The van der Waals surface area contributed by atoms with E-state index in [1.165, 1.54) is 13.8 Å². The molecule has 5 aromatic rings. The van der Waals surface area contributed by atoms with Gasteiger partial charge in [0, 0.05) is 72.8 Å². The van der Waals surface area contributed by atoms with Gasteiger partial charge in [-0.3, -0.25) is 39.1 Å². The molecule has 0 unspecified atom stereocenters. The predicted octanol–water partition coefficient (Wildman–Crippen LogP) is 3.32. The highest BCUT2D eigenvalue weighted by Crippen LogP contribution is 2.23. The number of urea groups is 1. The average Bonchev–Trinajstić information content (AvgIpc) is 3.93. The second kappa shape index (κ2) is 24.2. The van der Waals surface area contributed by atoms with Crippen LogP contribution in [0.5, 0.6) is 0 Å². The van der Waals surface area contributed by atoms with Gasteiger partial charge in [-0.05, 0) is 68.0 Å². The molecule has 9 N–H and O–H groups in total. The van der Waals surface area contributed by atoms with Crippen LogP contribution in [0.15, 0.2) is 104 Å². The number of para-hydroxylation sites is 2. The van der Waals surface area contributed by atoms with Crippen LogP contribution < -0.4 is 32.4 Å². The van der Waals surface area contributed by atoms with Gasteiger partial charge in [0.25, 0.3) is 0 Å². The first kappa shape index (κ1) is 49.7. The lowest BCUT2D eigenvalue weighted by Gasteiger charge is -2.26. The van der Waals surface area contributed by atoms with Crippen molar-refractivity contribution >= 4 is 63.2 Å². The van der Waals surface area contributed by atoms with Gasteiger partial charge in [-0.2, -0.15) is 0 Å². The molecule has 1 aliphatic heterocycles. The number of aromatic amines is 2. The number of hydrogen-bond acceptors (Lipinski definition) is 8. The quantitative estimate of drug-likeness (QED) is 0.0762. The lowest BCUT2D eigenvalue weighted by Crippen LogP contribution is -2.58. The third-order valence-corrected chi connectivity index (χ3v) is 11.9. The number of nitrogens with one attached hydrogen (secondary N) is 7. The Hall–Kier alpha value is -7.71. The van der Waals surface area contributed by atoms with Gasteiger partial charge < -0.3 is 37.0 Å². The minimum Gasteiger partial charge on any atom is -0.368 e. The molecule has 0 radical (unpaired) electrons. The van der Waals surface area contributed by atoms with E-state index in [1.54, 1.807) is 18.5 Å². The van der Waals surface area contributed by atoms with E-state index >= 15 is 0 Å². The van der Waals surface area contributed by atoms with Crippen LogP contribution >= 0.6 is 0 Å². The van der Waals surface area contributed by atoms with Crippen molar-refractivity contribution < 1.29 is 33.6 Å². The molecule has 2 aromatic heterocycles. The monoisotopic (exact) mass is 924 g/mol. The van der Waals surface area contributed by atoms with Gasteiger partial charge >= 0.3 is 6.03 Å². The molecule has 0 spiro atoms.